The fraction of sp³-hybridized carbons (Fsp3) is 0.192. The van der Waals surface area contributed by atoms with E-state index in [1.54, 1.807) is 40.6 Å². The van der Waals surface area contributed by atoms with Gasteiger partial charge in [-0.15, -0.1) is 15.3 Å². The molecule has 358 valence electrons. The lowest BCUT2D eigenvalue weighted by Gasteiger charge is -2.17. The van der Waals surface area contributed by atoms with Crippen LogP contribution >= 0.6 is 0 Å². The number of benzene rings is 3. The van der Waals surface area contributed by atoms with Crippen LogP contribution in [0.1, 0.15) is 53.0 Å². The van der Waals surface area contributed by atoms with Gasteiger partial charge in [0.15, 0.2) is 0 Å². The molecule has 0 bridgehead atoms. The first-order valence-corrected chi connectivity index (χ1v) is 22.2. The Morgan fingerprint density at radius 2 is 1.09 bits per heavy atom. The highest BCUT2D eigenvalue weighted by Crippen LogP contribution is 2.32. The van der Waals surface area contributed by atoms with Crippen molar-refractivity contribution in [2.75, 3.05) is 48.6 Å². The van der Waals surface area contributed by atoms with Crippen molar-refractivity contribution >= 4 is 55.8 Å². The molecule has 1 atom stereocenters. The summed E-state index contributed by atoms with van der Waals surface area (Å²) in [5.41, 5.74) is 11.6. The van der Waals surface area contributed by atoms with Crippen molar-refractivity contribution in [1.82, 2.24) is 56.3 Å². The molecular weight excluding hydrogens is 891 g/mol. The second-order valence-corrected chi connectivity index (χ2v) is 15.1. The van der Waals surface area contributed by atoms with E-state index in [1.807, 2.05) is 98.2 Å². The molecule has 5 N–H and O–H groups in total. The van der Waals surface area contributed by atoms with Gasteiger partial charge >= 0.3 is 11.9 Å². The maximum absolute atomic E-state index is 11.9. The van der Waals surface area contributed by atoms with Crippen LogP contribution in [0.5, 0.6) is 17.6 Å². The van der Waals surface area contributed by atoms with E-state index < -0.39 is 11.9 Å². The Balaban J connectivity index is 0.000000155. The van der Waals surface area contributed by atoms with Gasteiger partial charge in [0.25, 0.3) is 0 Å². The minimum atomic E-state index is -0.513. The average molecular weight is 944 g/mol. The molecule has 6 heterocycles. The van der Waals surface area contributed by atoms with Crippen LogP contribution in [0.25, 0.3) is 43.9 Å². The summed E-state index contributed by atoms with van der Waals surface area (Å²) in [5, 5.41) is 27.2. The van der Waals surface area contributed by atoms with Crippen molar-refractivity contribution in [1.29, 1.82) is 0 Å². The van der Waals surface area contributed by atoms with Crippen LogP contribution in [0.3, 0.4) is 0 Å². The zero-order valence-electron chi connectivity index (χ0n) is 39.5. The second-order valence-electron chi connectivity index (χ2n) is 15.1. The molecule has 9 rings (SSSR count). The fourth-order valence-corrected chi connectivity index (χ4v) is 7.58. The largest absolute Gasteiger partial charge is 0.480 e. The van der Waals surface area contributed by atoms with E-state index in [9.17, 15) is 9.59 Å². The number of hydrogen-bond donors (Lipinski definition) is 5. The number of carbonyl (C=O) groups is 2. The monoisotopic (exact) mass is 943 g/mol. The molecule has 0 spiro atoms. The lowest BCUT2D eigenvalue weighted by Crippen LogP contribution is -2.14. The Morgan fingerprint density at radius 1 is 0.600 bits per heavy atom. The van der Waals surface area contributed by atoms with Crippen molar-refractivity contribution in [3.8, 4) is 17.6 Å². The highest BCUT2D eigenvalue weighted by atomic mass is 16.7. The van der Waals surface area contributed by atoms with Crippen molar-refractivity contribution in [3.05, 3.63) is 174 Å². The van der Waals surface area contributed by atoms with E-state index in [-0.39, 0.29) is 5.92 Å². The molecule has 18 heteroatoms. The smallest absolute Gasteiger partial charge is 0.350 e. The zero-order chi connectivity index (χ0) is 49.2. The third-order valence-electron chi connectivity index (χ3n) is 10.8. The van der Waals surface area contributed by atoms with Gasteiger partial charge < -0.3 is 29.1 Å². The number of rotatable bonds is 16. The van der Waals surface area contributed by atoms with Crippen molar-refractivity contribution in [3.63, 3.8) is 0 Å². The Kier molecular flexibility index (Phi) is 17.1. The number of hydroxylamine groups is 1. The highest BCUT2D eigenvalue weighted by molar-refractivity contribution is 5.99. The van der Waals surface area contributed by atoms with Gasteiger partial charge in [0.1, 0.15) is 0 Å². The molecule has 6 aromatic heterocycles. The van der Waals surface area contributed by atoms with Crippen LogP contribution in [-0.2, 0) is 19.2 Å². The zero-order valence-corrected chi connectivity index (χ0v) is 39.5. The number of fused-ring (bicyclic) bond motifs is 3. The predicted octanol–water partition coefficient (Wildman–Crippen LogP) is 7.75. The van der Waals surface area contributed by atoms with Gasteiger partial charge in [-0.1, -0.05) is 36.4 Å². The molecule has 0 aliphatic carbocycles. The standard InChI is InChI=1S/C18H17N3O3.C17H16N4O3.C17H20N4O/c1-3-24-17(22)11-14(15-6-4-5-9-19-15)12-7-8-13-16(10-12)20-21-18(13)23-2;1-18-24-16(22)10-13(14-5-3-4-8-19-14)11-6-7-12-15(9-11)20-21-17(12)23-2;1-18-10-8-13(15-5-3-4-9-19-15)12-6-7-14-16(11-12)20-21-17(14)22-2/h4-11H,3H2,1-2H3,(H,20,21);3-10,18H,1-2H3,(H,20,21);3-7,9,11,13,18H,8,10H2,1-2H3,(H,20,21). The van der Waals surface area contributed by atoms with E-state index in [0.717, 1.165) is 62.5 Å². The topological polar surface area (TPSA) is 229 Å². The molecule has 1 unspecified atom stereocenters. The van der Waals surface area contributed by atoms with Gasteiger partial charge in [-0.3, -0.25) is 30.2 Å². The van der Waals surface area contributed by atoms with E-state index >= 15 is 0 Å². The number of H-pyrrole nitrogens is 3. The van der Waals surface area contributed by atoms with Crippen LogP contribution in [0.4, 0.5) is 0 Å². The summed E-state index contributed by atoms with van der Waals surface area (Å²) in [6.07, 6.45) is 9.05. The maximum Gasteiger partial charge on any atom is 0.350 e. The van der Waals surface area contributed by atoms with Gasteiger partial charge in [-0.2, -0.15) is 5.48 Å². The minimum absolute atomic E-state index is 0.257. The van der Waals surface area contributed by atoms with Gasteiger partial charge in [-0.05, 0) is 116 Å². The SMILES string of the molecule is CCOC(=O)C=C(c1ccc2c(OC)n[nH]c2c1)c1ccccn1.CNCCC(c1ccc2c(OC)n[nH]c2c1)c1ccccn1.CNOC(=O)C=C(c1ccc2c(OC)n[nH]c2c1)c1ccccn1. The normalized spacial score (nSPS) is 11.8. The third-order valence-corrected chi connectivity index (χ3v) is 10.8. The first kappa shape index (κ1) is 49.2. The molecule has 9 aromatic rings. The Morgan fingerprint density at radius 3 is 1.53 bits per heavy atom. The molecule has 0 amide bonds. The number of ether oxygens (including phenoxy) is 4. The molecule has 3 aromatic carbocycles. The third kappa shape index (κ3) is 12.0. The van der Waals surface area contributed by atoms with Gasteiger partial charge in [-0.25, -0.2) is 9.59 Å². The number of pyridine rings is 3. The van der Waals surface area contributed by atoms with Crippen LogP contribution in [0.2, 0.25) is 0 Å². The second kappa shape index (κ2) is 24.3. The summed E-state index contributed by atoms with van der Waals surface area (Å²) >= 11 is 0. The van der Waals surface area contributed by atoms with Crippen LogP contribution in [-0.4, -0.2) is 106 Å². The number of aromatic amines is 3. The average Bonchev–Trinajstić information content (AvgIpc) is 4.15. The van der Waals surface area contributed by atoms with Crippen molar-refractivity contribution in [2.24, 2.45) is 0 Å². The van der Waals surface area contributed by atoms with E-state index in [0.29, 0.717) is 46.8 Å². The summed E-state index contributed by atoms with van der Waals surface area (Å²) in [6.45, 7) is 3.03. The highest BCUT2D eigenvalue weighted by Gasteiger charge is 2.18. The first-order valence-electron chi connectivity index (χ1n) is 22.2. The Bertz CT molecular complexity index is 3040. The molecule has 0 aliphatic heterocycles. The van der Waals surface area contributed by atoms with Crippen LogP contribution < -0.4 is 25.0 Å². The quantitative estimate of drug-likeness (QED) is 0.0354. The first-order chi connectivity index (χ1) is 34.3. The molecule has 18 nitrogen and oxygen atoms in total. The van der Waals surface area contributed by atoms with Crippen molar-refractivity contribution < 1.29 is 33.4 Å². The van der Waals surface area contributed by atoms with Gasteiger partial charge in [0, 0.05) is 60.5 Å². The molecule has 70 heavy (non-hydrogen) atoms. The summed E-state index contributed by atoms with van der Waals surface area (Å²) in [7, 11) is 8.26. The van der Waals surface area contributed by atoms with Crippen molar-refractivity contribution in [2.45, 2.75) is 19.3 Å². The summed E-state index contributed by atoms with van der Waals surface area (Å²) in [5.74, 6) is 1.03. The Labute approximate surface area is 403 Å². The summed E-state index contributed by atoms with van der Waals surface area (Å²) in [4.78, 5) is 41.8. The Hall–Kier alpha value is -8.74. The van der Waals surface area contributed by atoms with E-state index in [2.05, 4.69) is 80.6 Å². The molecule has 0 saturated heterocycles. The number of nitrogens with zero attached hydrogens (tertiary/aromatic N) is 6. The summed E-state index contributed by atoms with van der Waals surface area (Å²) < 4.78 is 20.7. The van der Waals surface area contributed by atoms with Gasteiger partial charge in [0.05, 0.1) is 72.0 Å². The number of nitrogens with one attached hydrogen (secondary N) is 5. The molecule has 0 fully saturated rings. The maximum atomic E-state index is 11.9. The number of carbonyl (C=O) groups excluding carboxylic acids is 2. The molecular formula is C52H53N11O7. The van der Waals surface area contributed by atoms with E-state index in [1.165, 1.54) is 24.8 Å². The molecule has 0 saturated carbocycles. The molecule has 0 radical (unpaired) electrons. The fourth-order valence-electron chi connectivity index (χ4n) is 7.58. The number of methoxy groups -OCH3 is 3. The minimum Gasteiger partial charge on any atom is -0.480 e. The lowest BCUT2D eigenvalue weighted by molar-refractivity contribution is -0.143. The number of hydrogen-bond acceptors (Lipinski definition) is 15. The van der Waals surface area contributed by atoms with Gasteiger partial charge in [0.2, 0.25) is 17.6 Å². The van der Waals surface area contributed by atoms with E-state index in [4.69, 9.17) is 23.8 Å². The molecule has 0 aliphatic rings. The van der Waals surface area contributed by atoms with Crippen LogP contribution in [0.15, 0.2) is 140 Å². The summed E-state index contributed by atoms with van der Waals surface area (Å²) in [6, 6.07) is 34.8. The lowest BCUT2D eigenvalue weighted by atomic mass is 9.91. The van der Waals surface area contributed by atoms with Crippen LogP contribution in [0, 0.1) is 0 Å². The predicted molar refractivity (Wildman–Crippen MR) is 267 cm³/mol. The number of esters is 1. The number of aromatic nitrogens is 9.